The van der Waals surface area contributed by atoms with Crippen molar-refractivity contribution in [1.82, 2.24) is 20.1 Å². The van der Waals surface area contributed by atoms with Gasteiger partial charge in [0.1, 0.15) is 17.1 Å². The lowest BCUT2D eigenvalue weighted by molar-refractivity contribution is -0.133. The molecular weight excluding hydrogens is 410 g/mol. The van der Waals surface area contributed by atoms with E-state index in [2.05, 4.69) is 37.1 Å². The number of methoxy groups -OCH3 is 1. The Kier molecular flexibility index (Phi) is 7.59. The van der Waals surface area contributed by atoms with Crippen LogP contribution in [0.15, 0.2) is 28.9 Å². The SMILES string of the molecule is COc1ccc(N2CCC(N(CCN3CCOCC3)C(=O)Cc3nonc3C)CC2)cc1. The molecule has 1 amide bonds. The van der Waals surface area contributed by atoms with E-state index in [9.17, 15) is 4.79 Å². The van der Waals surface area contributed by atoms with Crippen molar-refractivity contribution in [2.45, 2.75) is 32.2 Å². The number of ether oxygens (including phenoxy) is 2. The molecule has 0 saturated carbocycles. The molecule has 32 heavy (non-hydrogen) atoms. The van der Waals surface area contributed by atoms with Crippen LogP contribution in [0.1, 0.15) is 24.2 Å². The summed E-state index contributed by atoms with van der Waals surface area (Å²) in [4.78, 5) is 20.1. The lowest BCUT2D eigenvalue weighted by Crippen LogP contribution is -2.51. The number of nitrogens with zero attached hydrogens (tertiary/aromatic N) is 5. The molecule has 3 heterocycles. The molecule has 0 spiro atoms. The molecule has 1 aromatic carbocycles. The smallest absolute Gasteiger partial charge is 0.229 e. The van der Waals surface area contributed by atoms with Crippen molar-refractivity contribution in [2.75, 3.05) is 64.5 Å². The number of amides is 1. The maximum absolute atomic E-state index is 13.3. The van der Waals surface area contributed by atoms with Gasteiger partial charge in [0.15, 0.2) is 0 Å². The summed E-state index contributed by atoms with van der Waals surface area (Å²) in [6.07, 6.45) is 2.12. The van der Waals surface area contributed by atoms with Gasteiger partial charge >= 0.3 is 0 Å². The molecule has 2 aromatic rings. The van der Waals surface area contributed by atoms with E-state index in [-0.39, 0.29) is 18.4 Å². The van der Waals surface area contributed by atoms with Gasteiger partial charge in [-0.1, -0.05) is 10.3 Å². The van der Waals surface area contributed by atoms with Crippen LogP contribution >= 0.6 is 0 Å². The summed E-state index contributed by atoms with van der Waals surface area (Å²) in [5.74, 6) is 0.959. The van der Waals surface area contributed by atoms with Crippen molar-refractivity contribution in [3.8, 4) is 5.75 Å². The molecule has 9 nitrogen and oxygen atoms in total. The van der Waals surface area contributed by atoms with E-state index in [0.29, 0.717) is 11.4 Å². The normalized spacial score (nSPS) is 18.0. The monoisotopic (exact) mass is 443 g/mol. The van der Waals surface area contributed by atoms with Crippen LogP contribution in [0.4, 0.5) is 5.69 Å². The lowest BCUT2D eigenvalue weighted by Gasteiger charge is -2.40. The van der Waals surface area contributed by atoms with Gasteiger partial charge in [0, 0.05) is 51.0 Å². The quantitative estimate of drug-likeness (QED) is 0.610. The third-order valence-electron chi connectivity index (χ3n) is 6.49. The number of morpholine rings is 1. The topological polar surface area (TPSA) is 84.2 Å². The molecule has 9 heteroatoms. The number of piperidine rings is 1. The number of carbonyl (C=O) groups excluding carboxylic acids is 1. The van der Waals surface area contributed by atoms with Crippen LogP contribution in [0.2, 0.25) is 0 Å². The van der Waals surface area contributed by atoms with Crippen molar-refractivity contribution in [1.29, 1.82) is 0 Å². The van der Waals surface area contributed by atoms with Crippen molar-refractivity contribution < 1.29 is 18.9 Å². The number of aryl methyl sites for hydroxylation is 1. The number of benzene rings is 1. The standard InChI is InChI=1S/C23H33N5O4/c1-18-22(25-32-24-18)17-23(29)28(12-11-26-13-15-31-16-14-26)20-7-9-27(10-8-20)19-3-5-21(30-2)6-4-19/h3-6,20H,7-17H2,1-2H3. The second-order valence-electron chi connectivity index (χ2n) is 8.43. The van der Waals surface area contributed by atoms with Gasteiger partial charge in [-0.05, 0) is 44.0 Å². The summed E-state index contributed by atoms with van der Waals surface area (Å²) >= 11 is 0. The average molecular weight is 444 g/mol. The van der Waals surface area contributed by atoms with Crippen molar-refractivity contribution in [3.63, 3.8) is 0 Å². The summed E-state index contributed by atoms with van der Waals surface area (Å²) in [5.41, 5.74) is 2.50. The zero-order valence-corrected chi connectivity index (χ0v) is 19.0. The first-order chi connectivity index (χ1) is 15.6. The van der Waals surface area contributed by atoms with E-state index in [4.69, 9.17) is 14.1 Å². The Hall–Kier alpha value is -2.65. The Labute approximate surface area is 189 Å². The first-order valence-electron chi connectivity index (χ1n) is 11.4. The molecule has 2 aliphatic heterocycles. The number of rotatable bonds is 8. The Morgan fingerprint density at radius 2 is 1.84 bits per heavy atom. The van der Waals surface area contributed by atoms with Crippen LogP contribution < -0.4 is 9.64 Å². The van der Waals surface area contributed by atoms with Crippen LogP contribution in [0.5, 0.6) is 5.75 Å². The summed E-state index contributed by atoms with van der Waals surface area (Å²) in [7, 11) is 1.68. The Bertz CT molecular complexity index is 858. The molecule has 0 N–H and O–H groups in total. The third-order valence-corrected chi connectivity index (χ3v) is 6.49. The number of aromatic nitrogens is 2. The highest BCUT2D eigenvalue weighted by atomic mass is 16.6. The molecule has 0 radical (unpaired) electrons. The molecule has 2 aliphatic rings. The number of anilines is 1. The fourth-order valence-corrected chi connectivity index (χ4v) is 4.47. The zero-order valence-electron chi connectivity index (χ0n) is 19.0. The summed E-state index contributed by atoms with van der Waals surface area (Å²) in [5, 5.41) is 7.74. The molecule has 0 unspecified atom stereocenters. The first-order valence-corrected chi connectivity index (χ1v) is 11.4. The maximum Gasteiger partial charge on any atom is 0.229 e. The van der Waals surface area contributed by atoms with Gasteiger partial charge in [0.05, 0.1) is 26.7 Å². The highest BCUT2D eigenvalue weighted by Crippen LogP contribution is 2.25. The van der Waals surface area contributed by atoms with Gasteiger partial charge in [0.2, 0.25) is 5.91 Å². The van der Waals surface area contributed by atoms with Gasteiger partial charge in [0.25, 0.3) is 0 Å². The van der Waals surface area contributed by atoms with Crippen LogP contribution in [0.3, 0.4) is 0 Å². The highest BCUT2D eigenvalue weighted by molar-refractivity contribution is 5.79. The van der Waals surface area contributed by atoms with Crippen molar-refractivity contribution in [3.05, 3.63) is 35.7 Å². The van der Waals surface area contributed by atoms with Gasteiger partial charge < -0.3 is 19.3 Å². The van der Waals surface area contributed by atoms with Crippen LogP contribution in [-0.4, -0.2) is 91.7 Å². The van der Waals surface area contributed by atoms with Crippen molar-refractivity contribution >= 4 is 11.6 Å². The fourth-order valence-electron chi connectivity index (χ4n) is 4.47. The zero-order chi connectivity index (χ0) is 22.3. The molecule has 4 rings (SSSR count). The average Bonchev–Trinajstić information content (AvgIpc) is 3.24. The van der Waals surface area contributed by atoms with E-state index in [1.54, 1.807) is 7.11 Å². The minimum absolute atomic E-state index is 0.0972. The van der Waals surface area contributed by atoms with E-state index in [1.165, 1.54) is 5.69 Å². The fraction of sp³-hybridized carbons (Fsp3) is 0.609. The first kappa shape index (κ1) is 22.5. The maximum atomic E-state index is 13.3. The molecule has 2 fully saturated rings. The molecular formula is C23H33N5O4. The van der Waals surface area contributed by atoms with Gasteiger partial charge in [-0.25, -0.2) is 4.63 Å². The van der Waals surface area contributed by atoms with Crippen LogP contribution in [-0.2, 0) is 16.0 Å². The summed E-state index contributed by atoms with van der Waals surface area (Å²) in [6.45, 7) is 8.61. The predicted octanol–water partition coefficient (Wildman–Crippen LogP) is 1.76. The molecule has 2 saturated heterocycles. The second-order valence-corrected chi connectivity index (χ2v) is 8.43. The number of hydrogen-bond acceptors (Lipinski definition) is 8. The third kappa shape index (κ3) is 5.58. The Balaban J connectivity index is 1.39. The minimum Gasteiger partial charge on any atom is -0.497 e. The van der Waals surface area contributed by atoms with Crippen LogP contribution in [0.25, 0.3) is 0 Å². The van der Waals surface area contributed by atoms with E-state index >= 15 is 0 Å². The molecule has 0 aliphatic carbocycles. The van der Waals surface area contributed by atoms with Crippen LogP contribution in [0, 0.1) is 6.92 Å². The van der Waals surface area contributed by atoms with E-state index in [0.717, 1.165) is 71.1 Å². The van der Waals surface area contributed by atoms with Crippen molar-refractivity contribution in [2.24, 2.45) is 0 Å². The predicted molar refractivity (Wildman–Crippen MR) is 120 cm³/mol. The van der Waals surface area contributed by atoms with Gasteiger partial charge in [-0.15, -0.1) is 0 Å². The van der Waals surface area contributed by atoms with E-state index < -0.39 is 0 Å². The Morgan fingerprint density at radius 1 is 1.12 bits per heavy atom. The summed E-state index contributed by atoms with van der Waals surface area (Å²) < 4.78 is 15.5. The lowest BCUT2D eigenvalue weighted by atomic mass is 10.0. The Morgan fingerprint density at radius 3 is 2.47 bits per heavy atom. The second kappa shape index (κ2) is 10.8. The van der Waals surface area contributed by atoms with E-state index in [1.807, 2.05) is 19.1 Å². The molecule has 1 aromatic heterocycles. The van der Waals surface area contributed by atoms with Gasteiger partial charge in [-0.2, -0.15) is 0 Å². The van der Waals surface area contributed by atoms with Gasteiger partial charge in [-0.3, -0.25) is 9.69 Å². The number of hydrogen-bond donors (Lipinski definition) is 0. The molecule has 174 valence electrons. The minimum atomic E-state index is 0.0972. The molecule has 0 bridgehead atoms. The number of carbonyl (C=O) groups is 1. The summed E-state index contributed by atoms with van der Waals surface area (Å²) in [6, 6.07) is 8.40. The largest absolute Gasteiger partial charge is 0.497 e. The molecule has 0 atom stereocenters. The highest BCUT2D eigenvalue weighted by Gasteiger charge is 2.29.